The van der Waals surface area contributed by atoms with Gasteiger partial charge in [-0.25, -0.2) is 0 Å². The molecule has 0 heterocycles. The maximum Gasteiger partial charge on any atom is 0.154 e. The van der Waals surface area contributed by atoms with Crippen molar-refractivity contribution < 1.29 is 0 Å². The minimum Gasteiger partial charge on any atom is -0.263 e. The second kappa shape index (κ2) is 6.56. The van der Waals surface area contributed by atoms with Gasteiger partial charge in [-0.2, -0.15) is 5.10 Å². The molecule has 0 unspecified atom stereocenters. The maximum absolute atomic E-state index is 5.06. The summed E-state index contributed by atoms with van der Waals surface area (Å²) in [5.74, 6) is 0.881. The molecule has 14 heavy (non-hydrogen) atoms. The van der Waals surface area contributed by atoms with Crippen molar-refractivity contribution in [1.82, 2.24) is 5.43 Å². The average Bonchev–Trinajstić information content (AvgIpc) is 2.25. The van der Waals surface area contributed by atoms with Crippen LogP contribution in [0.2, 0.25) is 0 Å². The molecule has 0 spiro atoms. The van der Waals surface area contributed by atoms with Gasteiger partial charge in [-0.15, -0.1) is 0 Å². The van der Waals surface area contributed by atoms with Crippen LogP contribution in [0.25, 0.3) is 0 Å². The van der Waals surface area contributed by atoms with Crippen molar-refractivity contribution in [2.45, 2.75) is 12.7 Å². The van der Waals surface area contributed by atoms with E-state index in [0.29, 0.717) is 4.32 Å². The Labute approximate surface area is 93.8 Å². The summed E-state index contributed by atoms with van der Waals surface area (Å²) in [4.78, 5) is 0. The average molecular weight is 224 g/mol. The number of nitrogens with zero attached hydrogens (tertiary/aromatic N) is 1. The van der Waals surface area contributed by atoms with Crippen molar-refractivity contribution in [3.8, 4) is 0 Å². The van der Waals surface area contributed by atoms with Gasteiger partial charge in [0.05, 0.1) is 0 Å². The predicted molar refractivity (Wildman–Crippen MR) is 67.6 cm³/mol. The minimum absolute atomic E-state index is 0.701. The summed E-state index contributed by atoms with van der Waals surface area (Å²) in [7, 11) is 0. The van der Waals surface area contributed by atoms with E-state index in [9.17, 15) is 0 Å². The smallest absolute Gasteiger partial charge is 0.154 e. The maximum atomic E-state index is 5.06. The lowest BCUT2D eigenvalue weighted by molar-refractivity contribution is 1.07. The van der Waals surface area contributed by atoms with Gasteiger partial charge in [0.2, 0.25) is 0 Å². The van der Waals surface area contributed by atoms with Crippen LogP contribution in [-0.4, -0.2) is 10.5 Å². The highest BCUT2D eigenvalue weighted by Gasteiger charge is 1.96. The van der Waals surface area contributed by atoms with Gasteiger partial charge in [-0.3, -0.25) is 5.43 Å². The molecule has 74 valence electrons. The van der Waals surface area contributed by atoms with Crippen molar-refractivity contribution in [1.29, 1.82) is 0 Å². The minimum atomic E-state index is 0.701. The van der Waals surface area contributed by atoms with Gasteiger partial charge in [0.25, 0.3) is 0 Å². The summed E-state index contributed by atoms with van der Waals surface area (Å²) >= 11 is 6.63. The van der Waals surface area contributed by atoms with Crippen LogP contribution < -0.4 is 5.43 Å². The monoisotopic (exact) mass is 224 g/mol. The zero-order chi connectivity index (χ0) is 10.2. The number of hydrogen-bond donors (Lipinski definition) is 1. The molecule has 0 amide bonds. The van der Waals surface area contributed by atoms with Gasteiger partial charge in [0, 0.05) is 12.0 Å². The molecule has 4 heteroatoms. The number of nitrogens with one attached hydrogen (secondary N) is 1. The summed E-state index contributed by atoms with van der Waals surface area (Å²) < 4.78 is 0.701. The van der Waals surface area contributed by atoms with Gasteiger partial charge in [-0.1, -0.05) is 54.3 Å². The van der Waals surface area contributed by atoms with Crippen LogP contribution in [0.4, 0.5) is 0 Å². The topological polar surface area (TPSA) is 24.4 Å². The number of hydrogen-bond acceptors (Lipinski definition) is 3. The van der Waals surface area contributed by atoms with Crippen LogP contribution in [0, 0.1) is 0 Å². The van der Waals surface area contributed by atoms with Gasteiger partial charge in [0.15, 0.2) is 4.32 Å². The third-order valence-electron chi connectivity index (χ3n) is 1.50. The zero-order valence-electron chi connectivity index (χ0n) is 7.93. The summed E-state index contributed by atoms with van der Waals surface area (Å²) in [6.07, 6.45) is 1.68. The fourth-order valence-electron chi connectivity index (χ4n) is 0.873. The number of thiocarbonyl (C=S) groups is 1. The Morgan fingerprint density at radius 2 is 2.21 bits per heavy atom. The van der Waals surface area contributed by atoms with Gasteiger partial charge in [0.1, 0.15) is 0 Å². The number of rotatable bonds is 3. The molecule has 0 fully saturated rings. The van der Waals surface area contributed by atoms with Crippen LogP contribution >= 0.6 is 24.0 Å². The molecule has 2 nitrogen and oxygen atoms in total. The van der Waals surface area contributed by atoms with Crippen molar-refractivity contribution >= 4 is 34.5 Å². The molecule has 1 aromatic carbocycles. The van der Waals surface area contributed by atoms with E-state index in [2.05, 4.69) is 22.7 Å². The highest BCUT2D eigenvalue weighted by atomic mass is 32.2. The first-order chi connectivity index (χ1) is 6.83. The first-order valence-corrected chi connectivity index (χ1v) is 5.66. The molecule has 0 aliphatic heterocycles. The van der Waals surface area contributed by atoms with E-state index in [1.165, 1.54) is 5.56 Å². The number of hydrazone groups is 1. The normalized spacial score (nSPS) is 10.4. The fraction of sp³-hybridized carbons (Fsp3) is 0.200. The Balaban J connectivity index is 2.31. The van der Waals surface area contributed by atoms with Crippen LogP contribution in [0.5, 0.6) is 0 Å². The zero-order valence-corrected chi connectivity index (χ0v) is 9.57. The van der Waals surface area contributed by atoms with Crippen LogP contribution in [0.1, 0.15) is 12.5 Å². The van der Waals surface area contributed by atoms with Crippen LogP contribution in [0.15, 0.2) is 35.4 Å². The van der Waals surface area contributed by atoms with Crippen LogP contribution in [0.3, 0.4) is 0 Å². The first-order valence-electron chi connectivity index (χ1n) is 4.27. The molecular formula is C10H12N2S2. The third-order valence-corrected chi connectivity index (χ3v) is 2.77. The van der Waals surface area contributed by atoms with Crippen molar-refractivity contribution in [2.24, 2.45) is 5.10 Å². The summed E-state index contributed by atoms with van der Waals surface area (Å²) in [5, 5.41) is 3.85. The molecule has 0 radical (unpaired) electrons. The molecule has 0 saturated carbocycles. The Hall–Kier alpha value is -0.870. The first kappa shape index (κ1) is 11.2. The van der Waals surface area contributed by atoms with E-state index in [-0.39, 0.29) is 0 Å². The summed E-state index contributed by atoms with van der Waals surface area (Å²) in [6.45, 7) is 1.84. The Kier molecular flexibility index (Phi) is 5.25. The third kappa shape index (κ3) is 4.39. The summed E-state index contributed by atoms with van der Waals surface area (Å²) in [6, 6.07) is 10.2. The molecule has 0 saturated heterocycles. The second-order valence-electron chi connectivity index (χ2n) is 2.56. The van der Waals surface area contributed by atoms with Gasteiger partial charge >= 0.3 is 0 Å². The largest absolute Gasteiger partial charge is 0.263 e. The van der Waals surface area contributed by atoms with Crippen molar-refractivity contribution in [3.05, 3.63) is 35.9 Å². The van der Waals surface area contributed by atoms with E-state index in [1.807, 2.05) is 25.1 Å². The lowest BCUT2D eigenvalue weighted by Crippen LogP contribution is -2.10. The SMILES string of the molecule is C/C=N/NC(=S)SCc1ccccc1. The molecule has 1 aromatic rings. The number of thioether (sulfide) groups is 1. The van der Waals surface area contributed by atoms with E-state index in [0.717, 1.165) is 5.75 Å². The highest BCUT2D eigenvalue weighted by molar-refractivity contribution is 8.22. The molecule has 0 bridgehead atoms. The molecule has 0 aromatic heterocycles. The quantitative estimate of drug-likeness (QED) is 0.485. The molecule has 0 atom stereocenters. The second-order valence-corrected chi connectivity index (χ2v) is 4.21. The Bertz CT molecular complexity index is 309. The lowest BCUT2D eigenvalue weighted by atomic mass is 10.2. The van der Waals surface area contributed by atoms with E-state index < -0.39 is 0 Å². The summed E-state index contributed by atoms with van der Waals surface area (Å²) in [5.41, 5.74) is 4.03. The Morgan fingerprint density at radius 1 is 1.50 bits per heavy atom. The van der Waals surface area contributed by atoms with E-state index in [1.54, 1.807) is 18.0 Å². The highest BCUT2D eigenvalue weighted by Crippen LogP contribution is 2.12. The molecular weight excluding hydrogens is 212 g/mol. The molecule has 1 N–H and O–H groups in total. The predicted octanol–water partition coefficient (Wildman–Crippen LogP) is 2.80. The molecule has 0 aliphatic carbocycles. The van der Waals surface area contributed by atoms with Crippen molar-refractivity contribution in [3.63, 3.8) is 0 Å². The van der Waals surface area contributed by atoms with E-state index in [4.69, 9.17) is 12.2 Å². The Morgan fingerprint density at radius 3 is 2.86 bits per heavy atom. The fourth-order valence-corrected chi connectivity index (χ4v) is 1.71. The lowest BCUT2D eigenvalue weighted by Gasteiger charge is -2.01. The van der Waals surface area contributed by atoms with Crippen molar-refractivity contribution in [2.75, 3.05) is 0 Å². The van der Waals surface area contributed by atoms with Gasteiger partial charge < -0.3 is 0 Å². The van der Waals surface area contributed by atoms with Gasteiger partial charge in [-0.05, 0) is 12.5 Å². The van der Waals surface area contributed by atoms with E-state index >= 15 is 0 Å². The number of benzene rings is 1. The standard InChI is InChI=1S/C10H12N2S2/c1-2-11-12-10(13)14-8-9-6-4-3-5-7-9/h2-7H,8H2,1H3,(H,12,13)/b11-2+. The molecule has 1 rings (SSSR count). The molecule has 0 aliphatic rings. The van der Waals surface area contributed by atoms with Crippen LogP contribution in [-0.2, 0) is 5.75 Å².